The summed E-state index contributed by atoms with van der Waals surface area (Å²) < 4.78 is 1.37. The smallest absolute Gasteiger partial charge is 0.109 e. The standard InChI is InChI=1S/C16H18N2S/c1-4-12-13-7-5-6-8-14(13)19-16(12)15-10(2)9-17-11(3)18-15/h5-9,15H,4H2,1-3H3,(H,17,18). The summed E-state index contributed by atoms with van der Waals surface area (Å²) >= 11 is 1.89. The van der Waals surface area contributed by atoms with Crippen LogP contribution in [0.4, 0.5) is 0 Å². The van der Waals surface area contributed by atoms with E-state index < -0.39 is 0 Å². The van der Waals surface area contributed by atoms with Crippen molar-refractivity contribution in [1.29, 1.82) is 0 Å². The Balaban J connectivity index is 2.19. The third-order valence-electron chi connectivity index (χ3n) is 3.59. The van der Waals surface area contributed by atoms with Crippen LogP contribution in [0.3, 0.4) is 0 Å². The average molecular weight is 270 g/mol. The van der Waals surface area contributed by atoms with Gasteiger partial charge in [0.05, 0.1) is 5.84 Å². The fourth-order valence-electron chi connectivity index (χ4n) is 2.60. The van der Waals surface area contributed by atoms with Crippen molar-refractivity contribution in [3.63, 3.8) is 0 Å². The number of fused-ring (bicyclic) bond motifs is 1. The summed E-state index contributed by atoms with van der Waals surface area (Å²) in [5.74, 6) is 0.995. The minimum Gasteiger partial charge on any atom is -0.351 e. The second kappa shape index (κ2) is 4.82. The van der Waals surface area contributed by atoms with Crippen LogP contribution in [0.2, 0.25) is 0 Å². The van der Waals surface area contributed by atoms with E-state index in [2.05, 4.69) is 49.6 Å². The third-order valence-corrected chi connectivity index (χ3v) is 4.86. The van der Waals surface area contributed by atoms with Gasteiger partial charge in [-0.25, -0.2) is 0 Å². The van der Waals surface area contributed by atoms with Crippen molar-refractivity contribution in [2.24, 2.45) is 4.99 Å². The predicted octanol–water partition coefficient (Wildman–Crippen LogP) is 4.43. The first kappa shape index (κ1) is 12.4. The Morgan fingerprint density at radius 3 is 2.84 bits per heavy atom. The Morgan fingerprint density at radius 1 is 1.26 bits per heavy atom. The van der Waals surface area contributed by atoms with Gasteiger partial charge in [0.2, 0.25) is 0 Å². The van der Waals surface area contributed by atoms with E-state index in [1.807, 2.05) is 18.3 Å². The van der Waals surface area contributed by atoms with E-state index in [4.69, 9.17) is 4.99 Å². The van der Waals surface area contributed by atoms with Crippen molar-refractivity contribution in [3.8, 4) is 0 Å². The fourth-order valence-corrected chi connectivity index (χ4v) is 4.01. The Bertz CT molecular complexity index is 679. The van der Waals surface area contributed by atoms with E-state index in [1.165, 1.54) is 26.1 Å². The highest BCUT2D eigenvalue weighted by Gasteiger charge is 2.22. The van der Waals surface area contributed by atoms with Crippen LogP contribution in [0, 0.1) is 0 Å². The monoisotopic (exact) mass is 270 g/mol. The first-order chi connectivity index (χ1) is 9.20. The van der Waals surface area contributed by atoms with Crippen LogP contribution in [0.1, 0.15) is 37.3 Å². The summed E-state index contributed by atoms with van der Waals surface area (Å²) in [7, 11) is 0. The molecule has 0 saturated carbocycles. The van der Waals surface area contributed by atoms with Gasteiger partial charge in [0.25, 0.3) is 0 Å². The zero-order valence-corrected chi connectivity index (χ0v) is 12.3. The van der Waals surface area contributed by atoms with Crippen molar-refractivity contribution < 1.29 is 0 Å². The van der Waals surface area contributed by atoms with Crippen molar-refractivity contribution in [1.82, 2.24) is 5.32 Å². The van der Waals surface area contributed by atoms with Crippen LogP contribution in [-0.4, -0.2) is 5.84 Å². The zero-order valence-electron chi connectivity index (χ0n) is 11.5. The van der Waals surface area contributed by atoms with E-state index >= 15 is 0 Å². The molecule has 1 aliphatic rings. The fraction of sp³-hybridized carbons (Fsp3) is 0.312. The van der Waals surface area contributed by atoms with Crippen LogP contribution >= 0.6 is 11.3 Å². The maximum absolute atomic E-state index is 4.79. The molecule has 1 atom stereocenters. The summed E-state index contributed by atoms with van der Waals surface area (Å²) in [6.45, 7) is 6.40. The molecule has 98 valence electrons. The van der Waals surface area contributed by atoms with Crippen LogP contribution in [0.25, 0.3) is 10.1 Å². The Hall–Kier alpha value is -1.61. The summed E-state index contributed by atoms with van der Waals surface area (Å²) in [5.41, 5.74) is 2.74. The lowest BCUT2D eigenvalue weighted by Gasteiger charge is -2.20. The normalized spacial score (nSPS) is 19.0. The molecule has 3 heteroatoms. The summed E-state index contributed by atoms with van der Waals surface area (Å²) in [6.07, 6.45) is 3.14. The van der Waals surface area contributed by atoms with Gasteiger partial charge in [-0.3, -0.25) is 4.99 Å². The van der Waals surface area contributed by atoms with Gasteiger partial charge in [-0.15, -0.1) is 11.3 Å². The summed E-state index contributed by atoms with van der Waals surface area (Å²) in [6, 6.07) is 8.86. The van der Waals surface area contributed by atoms with E-state index in [0.717, 1.165) is 12.3 Å². The van der Waals surface area contributed by atoms with Gasteiger partial charge >= 0.3 is 0 Å². The number of nitrogens with one attached hydrogen (secondary N) is 1. The summed E-state index contributed by atoms with van der Waals surface area (Å²) in [5, 5.41) is 4.59. The number of thiophene rings is 1. The topological polar surface area (TPSA) is 24.4 Å². The molecule has 1 aromatic carbocycles. The molecule has 2 heterocycles. The average Bonchev–Trinajstić information content (AvgIpc) is 2.79. The van der Waals surface area contributed by atoms with E-state index in [9.17, 15) is 0 Å². The Kier molecular flexibility index (Phi) is 3.15. The highest BCUT2D eigenvalue weighted by Crippen LogP contribution is 2.40. The highest BCUT2D eigenvalue weighted by atomic mass is 32.1. The first-order valence-electron chi connectivity index (χ1n) is 6.68. The van der Waals surface area contributed by atoms with Crippen LogP contribution in [-0.2, 0) is 6.42 Å². The number of aryl methyl sites for hydroxylation is 1. The molecule has 0 aliphatic carbocycles. The molecule has 0 amide bonds. The number of nitrogens with zero attached hydrogens (tertiary/aromatic N) is 1. The van der Waals surface area contributed by atoms with Gasteiger partial charge < -0.3 is 5.32 Å². The second-order valence-electron chi connectivity index (χ2n) is 4.94. The van der Waals surface area contributed by atoms with E-state index in [1.54, 1.807) is 0 Å². The van der Waals surface area contributed by atoms with Gasteiger partial charge in [-0.1, -0.05) is 25.1 Å². The van der Waals surface area contributed by atoms with Gasteiger partial charge in [0.1, 0.15) is 6.04 Å². The van der Waals surface area contributed by atoms with Crippen molar-refractivity contribution in [2.75, 3.05) is 0 Å². The van der Waals surface area contributed by atoms with Gasteiger partial charge in [0, 0.05) is 15.8 Å². The lowest BCUT2D eigenvalue weighted by atomic mass is 10.0. The predicted molar refractivity (Wildman–Crippen MR) is 83.9 cm³/mol. The van der Waals surface area contributed by atoms with Crippen LogP contribution in [0.5, 0.6) is 0 Å². The minimum absolute atomic E-state index is 0.189. The largest absolute Gasteiger partial charge is 0.351 e. The molecule has 2 nitrogen and oxygen atoms in total. The molecule has 3 rings (SSSR count). The number of rotatable bonds is 2. The van der Waals surface area contributed by atoms with Gasteiger partial charge in [-0.05, 0) is 42.9 Å². The number of aliphatic imine (C=N–C) groups is 1. The highest BCUT2D eigenvalue weighted by molar-refractivity contribution is 7.19. The molecule has 1 aliphatic heterocycles. The Labute approximate surface area is 117 Å². The van der Waals surface area contributed by atoms with Gasteiger partial charge in [-0.2, -0.15) is 0 Å². The van der Waals surface area contributed by atoms with Crippen molar-refractivity contribution in [3.05, 3.63) is 46.5 Å². The molecular weight excluding hydrogens is 252 g/mol. The Morgan fingerprint density at radius 2 is 2.05 bits per heavy atom. The van der Waals surface area contributed by atoms with E-state index in [0.29, 0.717) is 0 Å². The van der Waals surface area contributed by atoms with E-state index in [-0.39, 0.29) is 6.04 Å². The summed E-state index contributed by atoms with van der Waals surface area (Å²) in [4.78, 5) is 6.19. The first-order valence-corrected chi connectivity index (χ1v) is 7.50. The molecule has 0 fully saturated rings. The molecule has 0 bridgehead atoms. The van der Waals surface area contributed by atoms with Gasteiger partial charge in [0.15, 0.2) is 0 Å². The molecule has 19 heavy (non-hydrogen) atoms. The lowest BCUT2D eigenvalue weighted by Crippen LogP contribution is -2.21. The van der Waals surface area contributed by atoms with Crippen molar-refractivity contribution >= 4 is 27.3 Å². The molecule has 1 unspecified atom stereocenters. The number of amidine groups is 1. The second-order valence-corrected chi connectivity index (χ2v) is 6.03. The van der Waals surface area contributed by atoms with Crippen LogP contribution < -0.4 is 5.32 Å². The molecule has 2 aromatic rings. The number of hydrogen-bond acceptors (Lipinski definition) is 3. The number of benzene rings is 1. The maximum atomic E-state index is 4.79. The number of hydrogen-bond donors (Lipinski definition) is 1. The molecule has 1 aromatic heterocycles. The SMILES string of the molecule is CCc1c(C2N=C(C)NC=C2C)sc2ccccc12. The zero-order chi connectivity index (χ0) is 13.4. The quantitative estimate of drug-likeness (QED) is 0.857. The lowest BCUT2D eigenvalue weighted by molar-refractivity contribution is 0.813. The van der Waals surface area contributed by atoms with Crippen molar-refractivity contribution in [2.45, 2.75) is 33.2 Å². The molecular formula is C16H18N2S. The van der Waals surface area contributed by atoms with Crippen LogP contribution in [0.15, 0.2) is 41.0 Å². The molecule has 0 spiro atoms. The molecule has 0 saturated heterocycles. The third kappa shape index (κ3) is 2.08. The maximum Gasteiger partial charge on any atom is 0.109 e. The molecule has 0 radical (unpaired) electrons. The minimum atomic E-state index is 0.189. The molecule has 1 N–H and O–H groups in total.